The first-order chi connectivity index (χ1) is 13.6. The fourth-order valence-electron chi connectivity index (χ4n) is 3.16. The predicted molar refractivity (Wildman–Crippen MR) is 112 cm³/mol. The summed E-state index contributed by atoms with van der Waals surface area (Å²) in [5, 5.41) is 6.48. The number of benzene rings is 2. The summed E-state index contributed by atoms with van der Waals surface area (Å²) in [6, 6.07) is 10.7. The first-order valence-corrected chi connectivity index (χ1v) is 10.5. The molecule has 0 saturated carbocycles. The molecule has 7 nitrogen and oxygen atoms in total. The van der Waals surface area contributed by atoms with Crippen molar-refractivity contribution in [3.63, 3.8) is 0 Å². The number of nitrogens with one attached hydrogen (secondary N) is 2. The van der Waals surface area contributed by atoms with Crippen molar-refractivity contribution in [3.8, 4) is 11.1 Å². The van der Waals surface area contributed by atoms with Gasteiger partial charge in [0.2, 0.25) is 11.8 Å². The molecule has 29 heavy (non-hydrogen) atoms. The number of para-hydroxylation sites is 1. The maximum atomic E-state index is 13.2. The van der Waals surface area contributed by atoms with Crippen LogP contribution in [0.1, 0.15) is 29.3 Å². The normalized spacial score (nSPS) is 11.3. The van der Waals surface area contributed by atoms with Crippen LogP contribution in [0.5, 0.6) is 0 Å². The SMILES string of the molecule is CC(=O)Nc1onc(C)c1-c1ccc(C)c(S(=O)(=O)Nc2c(C)cccc2C)c1. The fourth-order valence-corrected chi connectivity index (χ4v) is 4.64. The van der Waals surface area contributed by atoms with Crippen molar-refractivity contribution in [3.05, 3.63) is 58.8 Å². The van der Waals surface area contributed by atoms with Gasteiger partial charge in [-0.1, -0.05) is 35.5 Å². The molecule has 3 rings (SSSR count). The van der Waals surface area contributed by atoms with E-state index < -0.39 is 10.0 Å². The summed E-state index contributed by atoms with van der Waals surface area (Å²) >= 11 is 0. The van der Waals surface area contributed by atoms with Crippen molar-refractivity contribution in [2.75, 3.05) is 10.0 Å². The molecular weight excluding hydrogens is 390 g/mol. The molecule has 1 aromatic heterocycles. The van der Waals surface area contributed by atoms with Crippen molar-refractivity contribution in [2.45, 2.75) is 39.5 Å². The van der Waals surface area contributed by atoms with Gasteiger partial charge in [-0.05, 0) is 56.0 Å². The molecular formula is C21H23N3O4S. The summed E-state index contributed by atoms with van der Waals surface area (Å²) < 4.78 is 34.3. The van der Waals surface area contributed by atoms with Gasteiger partial charge in [-0.2, -0.15) is 0 Å². The number of rotatable bonds is 5. The van der Waals surface area contributed by atoms with Crippen LogP contribution < -0.4 is 10.0 Å². The van der Waals surface area contributed by atoms with Gasteiger partial charge in [0.15, 0.2) is 0 Å². The van der Waals surface area contributed by atoms with Crippen LogP contribution in [0.15, 0.2) is 45.8 Å². The molecule has 0 aliphatic carbocycles. The zero-order chi connectivity index (χ0) is 21.3. The van der Waals surface area contributed by atoms with Crippen molar-refractivity contribution in [1.29, 1.82) is 0 Å². The first kappa shape index (κ1) is 20.6. The van der Waals surface area contributed by atoms with Crippen LogP contribution in [0, 0.1) is 27.7 Å². The van der Waals surface area contributed by atoms with Crippen molar-refractivity contribution >= 4 is 27.5 Å². The second kappa shape index (κ2) is 7.71. The monoisotopic (exact) mass is 413 g/mol. The van der Waals surface area contributed by atoms with E-state index in [-0.39, 0.29) is 16.7 Å². The van der Waals surface area contributed by atoms with Gasteiger partial charge in [0.1, 0.15) is 0 Å². The van der Waals surface area contributed by atoms with E-state index in [0.29, 0.717) is 28.1 Å². The van der Waals surface area contributed by atoms with Crippen LogP contribution in [-0.4, -0.2) is 19.5 Å². The maximum absolute atomic E-state index is 13.2. The number of nitrogens with zero attached hydrogens (tertiary/aromatic N) is 1. The molecule has 0 bridgehead atoms. The second-order valence-corrected chi connectivity index (χ2v) is 8.66. The van der Waals surface area contributed by atoms with Gasteiger partial charge >= 0.3 is 0 Å². The summed E-state index contributed by atoms with van der Waals surface area (Å²) in [6.07, 6.45) is 0. The highest BCUT2D eigenvalue weighted by Gasteiger charge is 2.22. The average molecular weight is 413 g/mol. The van der Waals surface area contributed by atoms with Crippen LogP contribution in [0.4, 0.5) is 11.6 Å². The van der Waals surface area contributed by atoms with E-state index in [1.165, 1.54) is 6.92 Å². The lowest BCUT2D eigenvalue weighted by molar-refractivity contribution is -0.114. The molecule has 0 aliphatic heterocycles. The summed E-state index contributed by atoms with van der Waals surface area (Å²) in [5.41, 5.74) is 4.52. The second-order valence-electron chi connectivity index (χ2n) is 7.01. The van der Waals surface area contributed by atoms with E-state index in [1.54, 1.807) is 32.0 Å². The van der Waals surface area contributed by atoms with Crippen molar-refractivity contribution < 1.29 is 17.7 Å². The minimum absolute atomic E-state index is 0.145. The summed E-state index contributed by atoms with van der Waals surface area (Å²) in [7, 11) is -3.84. The number of amides is 1. The lowest BCUT2D eigenvalue weighted by atomic mass is 10.0. The molecule has 8 heteroatoms. The van der Waals surface area contributed by atoms with Crippen LogP contribution in [0.25, 0.3) is 11.1 Å². The van der Waals surface area contributed by atoms with Crippen LogP contribution in [0.3, 0.4) is 0 Å². The number of anilines is 2. The van der Waals surface area contributed by atoms with Crippen LogP contribution in [-0.2, 0) is 14.8 Å². The summed E-state index contributed by atoms with van der Waals surface area (Å²) in [6.45, 7) is 8.54. The number of aromatic nitrogens is 1. The van der Waals surface area contributed by atoms with E-state index in [9.17, 15) is 13.2 Å². The van der Waals surface area contributed by atoms with Gasteiger partial charge < -0.3 is 4.52 Å². The number of sulfonamides is 1. The quantitative estimate of drug-likeness (QED) is 0.648. The smallest absolute Gasteiger partial charge is 0.262 e. The maximum Gasteiger partial charge on any atom is 0.262 e. The molecule has 0 fully saturated rings. The van der Waals surface area contributed by atoms with Gasteiger partial charge in [0.25, 0.3) is 10.0 Å². The van der Waals surface area contributed by atoms with Gasteiger partial charge in [-0.25, -0.2) is 8.42 Å². The molecule has 1 heterocycles. The third kappa shape index (κ3) is 4.17. The minimum atomic E-state index is -3.84. The van der Waals surface area contributed by atoms with Gasteiger partial charge in [0, 0.05) is 6.92 Å². The predicted octanol–water partition coefficient (Wildman–Crippen LogP) is 4.33. The van der Waals surface area contributed by atoms with E-state index >= 15 is 0 Å². The number of aryl methyl sites for hydroxylation is 4. The standard InChI is InChI=1S/C21H23N3O4S/c1-12-9-10-17(19-15(4)23-28-21(19)22-16(5)25)11-18(12)29(26,27)24-20-13(2)7-6-8-14(20)3/h6-11,24H,1-5H3,(H,22,25). The zero-order valence-corrected chi connectivity index (χ0v) is 17.8. The Labute approximate surface area is 170 Å². The molecule has 0 radical (unpaired) electrons. The lowest BCUT2D eigenvalue weighted by Gasteiger charge is -2.15. The molecule has 0 unspecified atom stereocenters. The minimum Gasteiger partial charge on any atom is -0.337 e. The highest BCUT2D eigenvalue weighted by atomic mass is 32.2. The highest BCUT2D eigenvalue weighted by Crippen LogP contribution is 2.34. The average Bonchev–Trinajstić information content (AvgIpc) is 2.98. The Hall–Kier alpha value is -3.13. The van der Waals surface area contributed by atoms with E-state index in [2.05, 4.69) is 15.2 Å². The number of hydrogen-bond donors (Lipinski definition) is 2. The van der Waals surface area contributed by atoms with E-state index in [1.807, 2.05) is 32.0 Å². The number of carbonyl (C=O) groups excluding carboxylic acids is 1. The van der Waals surface area contributed by atoms with Gasteiger partial charge in [0.05, 0.1) is 21.8 Å². The zero-order valence-electron chi connectivity index (χ0n) is 17.0. The Morgan fingerprint density at radius 1 is 1.00 bits per heavy atom. The Balaban J connectivity index is 2.09. The first-order valence-electron chi connectivity index (χ1n) is 9.04. The molecule has 2 aromatic carbocycles. The number of carbonyl (C=O) groups is 1. The highest BCUT2D eigenvalue weighted by molar-refractivity contribution is 7.92. The van der Waals surface area contributed by atoms with Crippen molar-refractivity contribution in [2.24, 2.45) is 0 Å². The lowest BCUT2D eigenvalue weighted by Crippen LogP contribution is -2.16. The van der Waals surface area contributed by atoms with Gasteiger partial charge in [-0.15, -0.1) is 0 Å². The number of hydrogen-bond acceptors (Lipinski definition) is 5. The molecule has 0 spiro atoms. The van der Waals surface area contributed by atoms with Gasteiger partial charge in [-0.3, -0.25) is 14.8 Å². The van der Waals surface area contributed by atoms with Crippen molar-refractivity contribution in [1.82, 2.24) is 5.16 Å². The Morgan fingerprint density at radius 2 is 1.66 bits per heavy atom. The summed E-state index contributed by atoms with van der Waals surface area (Å²) in [5.74, 6) is -0.121. The Kier molecular flexibility index (Phi) is 5.48. The molecule has 0 saturated heterocycles. The molecule has 3 aromatic rings. The van der Waals surface area contributed by atoms with Crippen LogP contribution >= 0.6 is 0 Å². The fraction of sp³-hybridized carbons (Fsp3) is 0.238. The largest absolute Gasteiger partial charge is 0.337 e. The topological polar surface area (TPSA) is 101 Å². The van der Waals surface area contributed by atoms with E-state index in [4.69, 9.17) is 4.52 Å². The summed E-state index contributed by atoms with van der Waals surface area (Å²) in [4.78, 5) is 11.6. The third-order valence-electron chi connectivity index (χ3n) is 4.64. The Morgan fingerprint density at radius 3 is 2.28 bits per heavy atom. The van der Waals surface area contributed by atoms with Crippen LogP contribution in [0.2, 0.25) is 0 Å². The molecule has 2 N–H and O–H groups in total. The Bertz CT molecular complexity index is 1180. The van der Waals surface area contributed by atoms with E-state index in [0.717, 1.165) is 11.1 Å². The molecule has 0 atom stereocenters. The third-order valence-corrected chi connectivity index (χ3v) is 6.13. The molecule has 152 valence electrons. The molecule has 0 aliphatic rings. The molecule has 1 amide bonds.